The Bertz CT molecular complexity index is 1750. The normalized spacial score (nSPS) is 12.4. The third-order valence-corrected chi connectivity index (χ3v) is 9.32. The van der Waals surface area contributed by atoms with Crippen molar-refractivity contribution in [1.29, 1.82) is 0 Å². The quantitative estimate of drug-likeness (QED) is 0.157. The number of ether oxygens (including phenoxy) is 2. The molecule has 0 aliphatic heterocycles. The molecule has 3 aromatic carbocycles. The molecule has 206 valence electrons. The predicted molar refractivity (Wildman–Crippen MR) is 154 cm³/mol. The van der Waals surface area contributed by atoms with Crippen molar-refractivity contribution < 1.29 is 22.7 Å². The summed E-state index contributed by atoms with van der Waals surface area (Å²) >= 11 is 1.26. The van der Waals surface area contributed by atoms with Gasteiger partial charge in [-0.2, -0.15) is 0 Å². The van der Waals surface area contributed by atoms with Crippen LogP contribution in [-0.2, 0) is 19.6 Å². The van der Waals surface area contributed by atoms with Crippen molar-refractivity contribution in [3.63, 3.8) is 0 Å². The van der Waals surface area contributed by atoms with Gasteiger partial charge < -0.3 is 9.47 Å². The predicted octanol–water partition coefficient (Wildman–Crippen LogP) is 5.57. The van der Waals surface area contributed by atoms with E-state index in [1.165, 1.54) is 15.7 Å². The third-order valence-electron chi connectivity index (χ3n) is 6.35. The molecule has 5 aromatic rings. The first kappa shape index (κ1) is 27.5. The summed E-state index contributed by atoms with van der Waals surface area (Å²) in [5.41, 5.74) is 1.82. The minimum Gasteiger partial charge on any atom is -0.497 e. The summed E-state index contributed by atoms with van der Waals surface area (Å²) in [5, 5.41) is 9.65. The maximum absolute atomic E-state index is 13.7. The van der Waals surface area contributed by atoms with Gasteiger partial charge in [-0.15, -0.1) is 10.2 Å². The molecule has 2 aromatic heterocycles. The van der Waals surface area contributed by atoms with Crippen LogP contribution >= 0.6 is 11.8 Å². The average molecular weight is 577 g/mol. The summed E-state index contributed by atoms with van der Waals surface area (Å²) in [5.74, 6) is 0.784. The highest BCUT2D eigenvalue weighted by molar-refractivity contribution is 8.00. The van der Waals surface area contributed by atoms with Gasteiger partial charge in [-0.1, -0.05) is 55.1 Å². The lowest BCUT2D eigenvalue weighted by atomic mass is 10.1. The number of rotatable bonds is 10. The molecule has 40 heavy (non-hydrogen) atoms. The number of aromatic nitrogens is 4. The monoisotopic (exact) mass is 576 g/mol. The van der Waals surface area contributed by atoms with Gasteiger partial charge in [0.05, 0.1) is 24.1 Å². The van der Waals surface area contributed by atoms with Gasteiger partial charge in [0.1, 0.15) is 11.0 Å². The van der Waals surface area contributed by atoms with E-state index in [2.05, 4.69) is 10.2 Å². The zero-order valence-electron chi connectivity index (χ0n) is 22.2. The van der Waals surface area contributed by atoms with Crippen LogP contribution in [0.4, 0.5) is 0 Å². The van der Waals surface area contributed by atoms with E-state index in [4.69, 9.17) is 9.47 Å². The van der Waals surface area contributed by atoms with E-state index in [0.29, 0.717) is 39.6 Å². The standard InChI is InChI=1S/C29H28N4O5S2/c1-4-26(28(34)38-5-2)39-29-31-30-27(33(29)20-15-17-21(37-3)18-16-20)24-19-32(25-14-10-9-13-23(24)25)40(35,36)22-11-7-6-8-12-22/h6-19,26H,4-5H2,1-3H3/t26-/m1/s1. The van der Waals surface area contributed by atoms with E-state index in [1.807, 2.05) is 47.9 Å². The topological polar surface area (TPSA) is 105 Å². The molecule has 0 amide bonds. The molecule has 0 spiro atoms. The van der Waals surface area contributed by atoms with E-state index >= 15 is 0 Å². The number of para-hydroxylation sites is 1. The molecule has 0 radical (unpaired) electrons. The van der Waals surface area contributed by atoms with Crippen LogP contribution in [0, 0.1) is 0 Å². The van der Waals surface area contributed by atoms with Crippen LogP contribution in [0.1, 0.15) is 20.3 Å². The molecular weight excluding hydrogens is 548 g/mol. The van der Waals surface area contributed by atoms with Crippen LogP contribution < -0.4 is 4.74 Å². The molecule has 0 aliphatic carbocycles. The van der Waals surface area contributed by atoms with Crippen LogP contribution in [0.3, 0.4) is 0 Å². The second kappa shape index (κ2) is 11.6. The Hall–Kier alpha value is -4.09. The van der Waals surface area contributed by atoms with Gasteiger partial charge >= 0.3 is 5.97 Å². The fourth-order valence-corrected chi connectivity index (χ4v) is 6.74. The molecule has 11 heteroatoms. The van der Waals surface area contributed by atoms with E-state index in [0.717, 1.165) is 5.69 Å². The van der Waals surface area contributed by atoms with Crippen molar-refractivity contribution in [2.75, 3.05) is 13.7 Å². The number of hydrogen-bond acceptors (Lipinski definition) is 8. The van der Waals surface area contributed by atoms with Crippen molar-refractivity contribution in [3.05, 3.63) is 85.1 Å². The molecule has 0 unspecified atom stereocenters. The van der Waals surface area contributed by atoms with E-state index in [-0.39, 0.29) is 17.5 Å². The Labute approximate surface area is 236 Å². The second-order valence-corrected chi connectivity index (χ2v) is 11.8. The number of carbonyl (C=O) groups is 1. The third kappa shape index (κ3) is 5.09. The van der Waals surface area contributed by atoms with Crippen molar-refractivity contribution in [2.45, 2.75) is 35.6 Å². The molecule has 9 nitrogen and oxygen atoms in total. The number of esters is 1. The lowest BCUT2D eigenvalue weighted by Gasteiger charge is -2.15. The molecule has 0 fully saturated rings. The number of nitrogens with zero attached hydrogens (tertiary/aromatic N) is 4. The van der Waals surface area contributed by atoms with E-state index in [9.17, 15) is 13.2 Å². The molecular formula is C29H28N4O5S2. The van der Waals surface area contributed by atoms with Crippen LogP contribution in [-0.4, -0.2) is 52.1 Å². The molecule has 0 aliphatic rings. The molecule has 0 N–H and O–H groups in total. The Morgan fingerprint density at radius 2 is 1.65 bits per heavy atom. The first-order valence-electron chi connectivity index (χ1n) is 12.7. The van der Waals surface area contributed by atoms with Crippen LogP contribution in [0.5, 0.6) is 5.75 Å². The number of thioether (sulfide) groups is 1. The highest BCUT2D eigenvalue weighted by Gasteiger charge is 2.28. The van der Waals surface area contributed by atoms with Gasteiger partial charge in [0, 0.05) is 22.8 Å². The van der Waals surface area contributed by atoms with E-state index < -0.39 is 15.3 Å². The molecule has 0 saturated carbocycles. The van der Waals surface area contributed by atoms with Crippen LogP contribution in [0.25, 0.3) is 28.0 Å². The Balaban J connectivity index is 1.71. The summed E-state index contributed by atoms with van der Waals surface area (Å²) < 4.78 is 41.1. The van der Waals surface area contributed by atoms with Gasteiger partial charge in [0.25, 0.3) is 10.0 Å². The Kier molecular flexibility index (Phi) is 7.95. The maximum atomic E-state index is 13.7. The van der Waals surface area contributed by atoms with Crippen molar-refractivity contribution >= 4 is 38.7 Å². The van der Waals surface area contributed by atoms with Crippen LogP contribution in [0.15, 0.2) is 95.1 Å². The fraction of sp³-hybridized carbons (Fsp3) is 0.207. The van der Waals surface area contributed by atoms with E-state index in [1.54, 1.807) is 62.7 Å². The summed E-state index contributed by atoms with van der Waals surface area (Å²) in [6, 6.07) is 22.9. The summed E-state index contributed by atoms with van der Waals surface area (Å²) in [7, 11) is -2.31. The van der Waals surface area contributed by atoms with Gasteiger partial charge in [-0.25, -0.2) is 12.4 Å². The molecule has 1 atom stereocenters. The zero-order chi connectivity index (χ0) is 28.3. The molecule has 5 rings (SSSR count). The smallest absolute Gasteiger partial charge is 0.319 e. The number of methoxy groups -OCH3 is 1. The zero-order valence-corrected chi connectivity index (χ0v) is 23.9. The fourth-order valence-electron chi connectivity index (χ4n) is 4.38. The van der Waals surface area contributed by atoms with Gasteiger partial charge in [0.15, 0.2) is 11.0 Å². The maximum Gasteiger partial charge on any atom is 0.319 e. The first-order chi connectivity index (χ1) is 19.4. The minimum absolute atomic E-state index is 0.176. The van der Waals surface area contributed by atoms with Gasteiger partial charge in [0.2, 0.25) is 0 Å². The van der Waals surface area contributed by atoms with Crippen molar-refractivity contribution in [1.82, 2.24) is 18.7 Å². The molecule has 0 bridgehead atoms. The Morgan fingerprint density at radius 3 is 2.33 bits per heavy atom. The lowest BCUT2D eigenvalue weighted by Crippen LogP contribution is -2.20. The first-order valence-corrected chi connectivity index (χ1v) is 15.0. The van der Waals surface area contributed by atoms with Crippen LogP contribution in [0.2, 0.25) is 0 Å². The highest BCUT2D eigenvalue weighted by atomic mass is 32.2. The number of hydrogen-bond donors (Lipinski definition) is 0. The number of fused-ring (bicyclic) bond motifs is 1. The SMILES string of the molecule is CCOC(=O)[C@@H](CC)Sc1nnc(-c2cn(S(=O)(=O)c3ccccc3)c3ccccc23)n1-c1ccc(OC)cc1. The molecule has 0 saturated heterocycles. The minimum atomic E-state index is -3.90. The number of benzene rings is 3. The van der Waals surface area contributed by atoms with Crippen molar-refractivity contribution in [2.24, 2.45) is 0 Å². The Morgan fingerprint density at radius 1 is 0.950 bits per heavy atom. The largest absolute Gasteiger partial charge is 0.497 e. The second-order valence-electron chi connectivity index (χ2n) is 8.78. The summed E-state index contributed by atoms with van der Waals surface area (Å²) in [6.07, 6.45) is 2.11. The molecule has 2 heterocycles. The summed E-state index contributed by atoms with van der Waals surface area (Å²) in [6.45, 7) is 3.96. The summed E-state index contributed by atoms with van der Waals surface area (Å²) in [4.78, 5) is 12.8. The van der Waals surface area contributed by atoms with Gasteiger partial charge in [-0.05, 0) is 55.8 Å². The lowest BCUT2D eigenvalue weighted by molar-refractivity contribution is -0.142. The van der Waals surface area contributed by atoms with Gasteiger partial charge in [-0.3, -0.25) is 9.36 Å². The van der Waals surface area contributed by atoms with Crippen molar-refractivity contribution in [3.8, 4) is 22.8 Å². The average Bonchev–Trinajstić information content (AvgIpc) is 3.58. The highest BCUT2D eigenvalue weighted by Crippen LogP contribution is 2.37. The number of carbonyl (C=O) groups excluding carboxylic acids is 1.